The summed E-state index contributed by atoms with van der Waals surface area (Å²) in [4.78, 5) is 30.9. The molecule has 2 amide bonds. The number of halogens is 1. The maximum atomic E-state index is 13.0. The zero-order chi connectivity index (χ0) is 16.5. The van der Waals surface area contributed by atoms with E-state index in [0.717, 1.165) is 12.8 Å². The first-order valence-electron chi connectivity index (χ1n) is 7.90. The van der Waals surface area contributed by atoms with Gasteiger partial charge in [0.05, 0.1) is 0 Å². The van der Waals surface area contributed by atoms with Crippen LogP contribution in [0.5, 0.6) is 0 Å². The number of piperidine rings is 2. The van der Waals surface area contributed by atoms with Gasteiger partial charge in [-0.05, 0) is 28.8 Å². The fourth-order valence-electron chi connectivity index (χ4n) is 3.25. The summed E-state index contributed by atoms with van der Waals surface area (Å²) in [6, 6.07) is -0.315. The number of amides is 2. The number of likely N-dealkylation sites (tertiary alicyclic amines) is 2. The predicted molar refractivity (Wildman–Crippen MR) is 82.3 cm³/mol. The van der Waals surface area contributed by atoms with Gasteiger partial charge in [-0.3, -0.25) is 4.90 Å². The first kappa shape index (κ1) is 17.3. The standard InChI is InChI=1S/C15H25ClN2O4/c1-11-4-7-17(8-5-11)13(19)18(22-14(20)21)9-6-15(2,3)10-12(18)16/h11-12H,4-10H2,1-3H3/p+1. The minimum atomic E-state index is -1.45. The Kier molecular flexibility index (Phi) is 4.92. The third kappa shape index (κ3) is 3.49. The van der Waals surface area contributed by atoms with Crippen LogP contribution in [-0.4, -0.2) is 52.0 Å². The molecule has 2 rings (SSSR count). The molecule has 0 bridgehead atoms. The molecule has 0 aromatic heterocycles. The van der Waals surface area contributed by atoms with E-state index in [1.165, 1.54) is 0 Å². The Morgan fingerprint density at radius 1 is 1.32 bits per heavy atom. The van der Waals surface area contributed by atoms with Gasteiger partial charge in [-0.15, -0.1) is 0 Å². The summed E-state index contributed by atoms with van der Waals surface area (Å²) in [6.45, 7) is 7.87. The normalized spacial score (nSPS) is 32.5. The molecule has 126 valence electrons. The highest BCUT2D eigenvalue weighted by Gasteiger charge is 2.56. The van der Waals surface area contributed by atoms with Gasteiger partial charge in [-0.2, -0.15) is 4.79 Å². The molecule has 7 heteroatoms. The Morgan fingerprint density at radius 2 is 1.91 bits per heavy atom. The lowest BCUT2D eigenvalue weighted by molar-refractivity contribution is -1.04. The van der Waals surface area contributed by atoms with Crippen molar-refractivity contribution in [1.29, 1.82) is 0 Å². The van der Waals surface area contributed by atoms with Crippen molar-refractivity contribution in [1.82, 2.24) is 4.90 Å². The van der Waals surface area contributed by atoms with Crippen LogP contribution in [0.25, 0.3) is 0 Å². The second kappa shape index (κ2) is 6.24. The maximum absolute atomic E-state index is 13.0. The molecule has 0 radical (unpaired) electrons. The number of carbonyl (C=O) groups is 2. The minimum absolute atomic E-state index is 0.0211. The largest absolute Gasteiger partial charge is 0.557 e. The first-order valence-corrected chi connectivity index (χ1v) is 8.34. The quantitative estimate of drug-likeness (QED) is 0.417. The van der Waals surface area contributed by atoms with E-state index in [4.69, 9.17) is 21.5 Å². The highest BCUT2D eigenvalue weighted by Crippen LogP contribution is 2.41. The van der Waals surface area contributed by atoms with Crippen LogP contribution >= 0.6 is 11.6 Å². The van der Waals surface area contributed by atoms with Crippen molar-refractivity contribution in [3.05, 3.63) is 0 Å². The summed E-state index contributed by atoms with van der Waals surface area (Å²) in [7, 11) is 0. The third-order valence-electron chi connectivity index (χ3n) is 4.91. The van der Waals surface area contributed by atoms with E-state index in [1.54, 1.807) is 4.90 Å². The van der Waals surface area contributed by atoms with E-state index in [0.29, 0.717) is 38.4 Å². The molecule has 2 unspecified atom stereocenters. The van der Waals surface area contributed by atoms with Crippen molar-refractivity contribution < 1.29 is 24.2 Å². The second-order valence-corrected chi connectivity index (χ2v) is 7.89. The van der Waals surface area contributed by atoms with Crippen molar-refractivity contribution in [3.63, 3.8) is 0 Å². The summed E-state index contributed by atoms with van der Waals surface area (Å²) in [5.41, 5.74) is -0.709. The molecule has 2 aliphatic rings. The molecule has 6 nitrogen and oxygen atoms in total. The summed E-state index contributed by atoms with van der Waals surface area (Å²) in [6.07, 6.45) is 1.63. The van der Waals surface area contributed by atoms with Gasteiger partial charge in [0, 0.05) is 25.9 Å². The SMILES string of the molecule is CC1CCN(C(=O)[N+]2(OC(=O)O)CCC(C)(C)CC2Cl)CC1. The van der Waals surface area contributed by atoms with Gasteiger partial charge >= 0.3 is 12.2 Å². The third-order valence-corrected chi connectivity index (χ3v) is 5.38. The van der Waals surface area contributed by atoms with E-state index in [9.17, 15) is 9.59 Å². The monoisotopic (exact) mass is 333 g/mol. The van der Waals surface area contributed by atoms with E-state index in [2.05, 4.69) is 20.8 Å². The number of hydrogen-bond donors (Lipinski definition) is 1. The Hall–Kier alpha value is -1.01. The molecule has 2 heterocycles. The van der Waals surface area contributed by atoms with Gasteiger partial charge in [-0.1, -0.05) is 32.4 Å². The van der Waals surface area contributed by atoms with Gasteiger partial charge in [0.2, 0.25) is 5.50 Å². The average Bonchev–Trinajstić information content (AvgIpc) is 2.41. The van der Waals surface area contributed by atoms with E-state index < -0.39 is 16.3 Å². The number of alkyl halides is 1. The highest BCUT2D eigenvalue weighted by molar-refractivity contribution is 6.20. The zero-order valence-electron chi connectivity index (χ0n) is 13.5. The zero-order valence-corrected chi connectivity index (χ0v) is 14.3. The molecule has 1 N–H and O–H groups in total. The molecule has 0 spiro atoms. The van der Waals surface area contributed by atoms with Crippen LogP contribution in [-0.2, 0) is 4.84 Å². The molecule has 0 aromatic rings. The first-order chi connectivity index (χ1) is 10.2. The number of hydroxylamine groups is 3. The van der Waals surface area contributed by atoms with Gasteiger partial charge < -0.3 is 5.11 Å². The van der Waals surface area contributed by atoms with Crippen molar-refractivity contribution in [2.75, 3.05) is 19.6 Å². The predicted octanol–water partition coefficient (Wildman–Crippen LogP) is 3.65. The van der Waals surface area contributed by atoms with Crippen LogP contribution in [0.15, 0.2) is 0 Å². The van der Waals surface area contributed by atoms with Gasteiger partial charge in [0.25, 0.3) is 0 Å². The number of urea groups is 1. The van der Waals surface area contributed by atoms with Crippen molar-refractivity contribution >= 4 is 23.8 Å². The van der Waals surface area contributed by atoms with Gasteiger partial charge in [0.1, 0.15) is 6.54 Å². The van der Waals surface area contributed by atoms with Crippen molar-refractivity contribution in [2.45, 2.75) is 52.0 Å². The lowest BCUT2D eigenvalue weighted by Crippen LogP contribution is -2.66. The smallest absolute Gasteiger partial charge is 0.446 e. The summed E-state index contributed by atoms with van der Waals surface area (Å²) in [5.74, 6) is 0.588. The molecule has 2 saturated heterocycles. The Balaban J connectivity index is 2.22. The number of hydrogen-bond acceptors (Lipinski definition) is 3. The molecule has 22 heavy (non-hydrogen) atoms. The number of rotatable bonds is 0. The fraction of sp³-hybridized carbons (Fsp3) is 0.867. The molecular weight excluding hydrogens is 308 g/mol. The molecular formula is C15H26ClN2O4+. The Bertz CT molecular complexity index is 449. The van der Waals surface area contributed by atoms with Crippen LogP contribution in [0.1, 0.15) is 46.5 Å². The lowest BCUT2D eigenvalue weighted by Gasteiger charge is -2.45. The second-order valence-electron chi connectivity index (χ2n) is 7.38. The van der Waals surface area contributed by atoms with Crippen molar-refractivity contribution in [2.24, 2.45) is 11.3 Å². The number of nitrogens with zero attached hydrogens (tertiary/aromatic N) is 2. The summed E-state index contributed by atoms with van der Waals surface area (Å²) >= 11 is 6.45. The van der Waals surface area contributed by atoms with Crippen LogP contribution < -0.4 is 0 Å². The Labute approximate surface area is 136 Å². The van der Waals surface area contributed by atoms with Crippen LogP contribution in [0, 0.1) is 11.3 Å². The average molecular weight is 334 g/mol. The molecule has 2 aliphatic heterocycles. The Morgan fingerprint density at radius 3 is 2.41 bits per heavy atom. The fourth-order valence-corrected chi connectivity index (χ4v) is 3.89. The maximum Gasteiger partial charge on any atom is 0.557 e. The number of carboxylic acid groups (broad SMARTS) is 1. The highest BCUT2D eigenvalue weighted by atomic mass is 35.5. The molecule has 2 atom stereocenters. The van der Waals surface area contributed by atoms with Crippen LogP contribution in [0.2, 0.25) is 0 Å². The van der Waals surface area contributed by atoms with E-state index in [-0.39, 0.29) is 11.4 Å². The number of quaternary nitrogens is 1. The van der Waals surface area contributed by atoms with Crippen molar-refractivity contribution in [3.8, 4) is 0 Å². The summed E-state index contributed by atoms with van der Waals surface area (Å²) in [5, 5.41) is 9.10. The topological polar surface area (TPSA) is 66.8 Å². The van der Waals surface area contributed by atoms with E-state index in [1.807, 2.05) is 0 Å². The van der Waals surface area contributed by atoms with Gasteiger partial charge in [0.15, 0.2) is 0 Å². The minimum Gasteiger partial charge on any atom is -0.446 e. The molecule has 0 aliphatic carbocycles. The molecule has 0 aromatic carbocycles. The molecule has 2 fully saturated rings. The lowest BCUT2D eigenvalue weighted by atomic mass is 9.82. The van der Waals surface area contributed by atoms with Crippen LogP contribution in [0.3, 0.4) is 0 Å². The summed E-state index contributed by atoms with van der Waals surface area (Å²) < 4.78 is -0.630. The van der Waals surface area contributed by atoms with Crippen LogP contribution in [0.4, 0.5) is 9.59 Å². The van der Waals surface area contributed by atoms with E-state index >= 15 is 0 Å². The number of carbonyl (C=O) groups excluding carboxylic acids is 1. The van der Waals surface area contributed by atoms with Gasteiger partial charge in [-0.25, -0.2) is 9.63 Å². The molecule has 0 saturated carbocycles.